The Morgan fingerprint density at radius 3 is 2.09 bits per heavy atom. The minimum absolute atomic E-state index is 0.137. The fourth-order valence-electron chi connectivity index (χ4n) is 2.32. The molecule has 0 fully saturated rings. The van der Waals surface area contributed by atoms with Gasteiger partial charge in [-0.25, -0.2) is 4.39 Å². The van der Waals surface area contributed by atoms with E-state index >= 15 is 0 Å². The van der Waals surface area contributed by atoms with Crippen LogP contribution in [0.25, 0.3) is 10.8 Å². The summed E-state index contributed by atoms with van der Waals surface area (Å²) in [5, 5.41) is 1.62. The predicted octanol–water partition coefficient (Wildman–Crippen LogP) is 5.72. The molecule has 0 aromatic heterocycles. The van der Waals surface area contributed by atoms with Gasteiger partial charge in [0.15, 0.2) is 5.82 Å². The molecule has 0 bridgehead atoms. The molecule has 0 aliphatic carbocycles. The van der Waals surface area contributed by atoms with Crippen LogP contribution in [0.15, 0.2) is 59.7 Å². The van der Waals surface area contributed by atoms with Crippen LogP contribution in [-0.4, -0.2) is 13.1 Å². The third-order valence-corrected chi connectivity index (χ3v) is 3.62. The Labute approximate surface area is 132 Å². The van der Waals surface area contributed by atoms with E-state index in [1.165, 1.54) is 11.1 Å². The van der Waals surface area contributed by atoms with Gasteiger partial charge in [-0.1, -0.05) is 53.6 Å². The lowest BCUT2D eigenvalue weighted by atomic mass is 10.1. The van der Waals surface area contributed by atoms with E-state index in [0.717, 1.165) is 5.39 Å². The van der Waals surface area contributed by atoms with Crippen LogP contribution in [0.2, 0.25) is 0 Å². The van der Waals surface area contributed by atoms with Gasteiger partial charge in [0.05, 0.1) is 5.69 Å². The minimum Gasteiger partial charge on any atom is -0.362 e. The maximum absolute atomic E-state index is 14.9. The molecule has 2 aromatic rings. The molecule has 0 radical (unpaired) electrons. The summed E-state index contributed by atoms with van der Waals surface area (Å²) in [6.45, 7) is 9.68. The fourth-order valence-corrected chi connectivity index (χ4v) is 2.32. The molecule has 0 saturated heterocycles. The molecule has 0 spiro atoms. The average molecular weight is 297 g/mol. The van der Waals surface area contributed by atoms with Crippen molar-refractivity contribution in [1.29, 1.82) is 0 Å². The third kappa shape index (κ3) is 3.97. The molecule has 2 rings (SSSR count). The predicted molar refractivity (Wildman–Crippen MR) is 95.0 cm³/mol. The largest absolute Gasteiger partial charge is 0.362 e. The van der Waals surface area contributed by atoms with Crippen molar-refractivity contribution >= 4 is 16.5 Å². The van der Waals surface area contributed by atoms with Gasteiger partial charge < -0.3 is 4.90 Å². The van der Waals surface area contributed by atoms with E-state index in [1.807, 2.05) is 36.4 Å². The van der Waals surface area contributed by atoms with E-state index in [0.29, 0.717) is 24.2 Å². The van der Waals surface area contributed by atoms with E-state index in [1.54, 1.807) is 0 Å². The number of hydrogen-bond acceptors (Lipinski definition) is 1. The van der Waals surface area contributed by atoms with Gasteiger partial charge in [-0.2, -0.15) is 0 Å². The molecule has 0 N–H and O–H groups in total. The highest BCUT2D eigenvalue weighted by atomic mass is 19.1. The van der Waals surface area contributed by atoms with Crippen LogP contribution in [-0.2, 0) is 0 Å². The zero-order valence-electron chi connectivity index (χ0n) is 13.9. The molecule has 0 aliphatic rings. The van der Waals surface area contributed by atoms with Crippen molar-refractivity contribution < 1.29 is 4.39 Å². The molecule has 0 aliphatic heterocycles. The van der Waals surface area contributed by atoms with Crippen LogP contribution in [0.3, 0.4) is 0 Å². The summed E-state index contributed by atoms with van der Waals surface area (Å²) < 4.78 is 14.9. The summed E-state index contributed by atoms with van der Waals surface area (Å²) in [5.74, 6) is -0.137. The molecule has 0 saturated carbocycles. The number of hydrogen-bond donors (Lipinski definition) is 0. The first-order chi connectivity index (χ1) is 10.5. The Balaban J connectivity index is 2.43. The second-order valence-corrected chi connectivity index (χ2v) is 6.09. The van der Waals surface area contributed by atoms with Crippen LogP contribution < -0.4 is 4.90 Å². The zero-order chi connectivity index (χ0) is 16.1. The smallest absolute Gasteiger partial charge is 0.154 e. The summed E-state index contributed by atoms with van der Waals surface area (Å²) in [6, 6.07) is 11.5. The number of fused-ring (bicyclic) bond motifs is 1. The van der Waals surface area contributed by atoms with Crippen molar-refractivity contribution in [2.45, 2.75) is 27.7 Å². The van der Waals surface area contributed by atoms with Gasteiger partial charge in [0.2, 0.25) is 0 Å². The first kappa shape index (κ1) is 16.3. The van der Waals surface area contributed by atoms with Gasteiger partial charge in [-0.15, -0.1) is 0 Å². The number of anilines is 1. The molecular weight excluding hydrogens is 273 g/mol. The summed E-state index contributed by atoms with van der Waals surface area (Å²) in [7, 11) is 0. The van der Waals surface area contributed by atoms with Crippen molar-refractivity contribution in [3.05, 3.63) is 65.5 Å². The van der Waals surface area contributed by atoms with E-state index < -0.39 is 0 Å². The lowest BCUT2D eigenvalue weighted by molar-refractivity contribution is 0.634. The maximum Gasteiger partial charge on any atom is 0.154 e. The number of benzene rings is 2. The van der Waals surface area contributed by atoms with Crippen LogP contribution in [0.5, 0.6) is 0 Å². The molecule has 116 valence electrons. The maximum atomic E-state index is 14.9. The van der Waals surface area contributed by atoms with E-state index in [-0.39, 0.29) is 5.82 Å². The highest BCUT2D eigenvalue weighted by molar-refractivity contribution is 5.86. The van der Waals surface area contributed by atoms with Crippen LogP contribution >= 0.6 is 0 Å². The van der Waals surface area contributed by atoms with Crippen molar-refractivity contribution in [3.63, 3.8) is 0 Å². The first-order valence-corrected chi connectivity index (χ1v) is 7.68. The number of halogens is 1. The zero-order valence-corrected chi connectivity index (χ0v) is 13.9. The van der Waals surface area contributed by atoms with Crippen molar-refractivity contribution in [3.8, 4) is 0 Å². The quantitative estimate of drug-likeness (QED) is 0.638. The Bertz CT molecular complexity index is 685. The molecule has 0 heterocycles. The Hall–Kier alpha value is -2.09. The molecule has 0 atom stereocenters. The fraction of sp³-hybridized carbons (Fsp3) is 0.300. The highest BCUT2D eigenvalue weighted by Gasteiger charge is 2.12. The van der Waals surface area contributed by atoms with Crippen LogP contribution in [0, 0.1) is 5.82 Å². The van der Waals surface area contributed by atoms with Gasteiger partial charge in [-0.05, 0) is 39.1 Å². The summed E-state index contributed by atoms with van der Waals surface area (Å²) in [6.07, 6.45) is 4.26. The summed E-state index contributed by atoms with van der Waals surface area (Å²) >= 11 is 0. The number of nitrogens with zero attached hydrogens (tertiary/aromatic N) is 1. The Morgan fingerprint density at radius 2 is 1.50 bits per heavy atom. The van der Waals surface area contributed by atoms with Crippen LogP contribution in [0.1, 0.15) is 27.7 Å². The second-order valence-electron chi connectivity index (χ2n) is 6.09. The normalized spacial score (nSPS) is 10.4. The van der Waals surface area contributed by atoms with Gasteiger partial charge in [0.25, 0.3) is 0 Å². The molecule has 2 aromatic carbocycles. The molecule has 0 unspecified atom stereocenters. The second kappa shape index (κ2) is 7.26. The molecular formula is C20H24FN. The van der Waals surface area contributed by atoms with Crippen LogP contribution in [0.4, 0.5) is 10.1 Å². The van der Waals surface area contributed by atoms with E-state index in [2.05, 4.69) is 44.7 Å². The first-order valence-electron chi connectivity index (χ1n) is 7.68. The molecule has 0 amide bonds. The standard InChI is InChI=1S/C20H24FN/c1-15(2)11-13-22(14-12-16(3)4)19-10-9-17-7-5-6-8-18(17)20(19)21/h5-12H,13-14H2,1-4H3. The van der Waals surface area contributed by atoms with Gasteiger partial charge in [0.1, 0.15) is 0 Å². The Morgan fingerprint density at radius 1 is 0.909 bits per heavy atom. The van der Waals surface area contributed by atoms with Gasteiger partial charge >= 0.3 is 0 Å². The van der Waals surface area contributed by atoms with E-state index in [9.17, 15) is 4.39 Å². The third-order valence-electron chi connectivity index (χ3n) is 3.62. The lowest BCUT2D eigenvalue weighted by Crippen LogP contribution is -2.24. The SMILES string of the molecule is CC(C)=CCN(CC=C(C)C)c1ccc2ccccc2c1F. The summed E-state index contributed by atoms with van der Waals surface area (Å²) in [4.78, 5) is 2.07. The minimum atomic E-state index is -0.137. The monoisotopic (exact) mass is 297 g/mol. The van der Waals surface area contributed by atoms with Crippen molar-refractivity contribution in [2.75, 3.05) is 18.0 Å². The number of rotatable bonds is 5. The van der Waals surface area contributed by atoms with E-state index in [4.69, 9.17) is 0 Å². The lowest BCUT2D eigenvalue weighted by Gasteiger charge is -2.23. The van der Waals surface area contributed by atoms with Crippen molar-refractivity contribution in [1.82, 2.24) is 0 Å². The van der Waals surface area contributed by atoms with Crippen molar-refractivity contribution in [2.24, 2.45) is 0 Å². The topological polar surface area (TPSA) is 3.24 Å². The molecule has 2 heteroatoms. The molecule has 22 heavy (non-hydrogen) atoms. The highest BCUT2D eigenvalue weighted by Crippen LogP contribution is 2.27. The molecule has 1 nitrogen and oxygen atoms in total. The van der Waals surface area contributed by atoms with Gasteiger partial charge in [-0.3, -0.25) is 0 Å². The average Bonchev–Trinajstić information content (AvgIpc) is 2.48. The number of allylic oxidation sites excluding steroid dienone is 2. The van der Waals surface area contributed by atoms with Gasteiger partial charge in [0, 0.05) is 18.5 Å². The summed E-state index contributed by atoms with van der Waals surface area (Å²) in [5.41, 5.74) is 3.14. The Kier molecular flexibility index (Phi) is 5.37.